The number of rotatable bonds is 15. The van der Waals surface area contributed by atoms with Gasteiger partial charge in [-0.05, 0) is 12.3 Å². The molecule has 0 saturated heterocycles. The van der Waals surface area contributed by atoms with Gasteiger partial charge in [0.25, 0.3) is 0 Å². The van der Waals surface area contributed by atoms with E-state index < -0.39 is 85.0 Å². The maximum Gasteiger partial charge on any atom is 0.326 e. The summed E-state index contributed by atoms with van der Waals surface area (Å²) in [6, 6.07) is -6.26. The summed E-state index contributed by atoms with van der Waals surface area (Å²) in [6.45, 7) is 3.42. The van der Waals surface area contributed by atoms with Gasteiger partial charge in [-0.1, -0.05) is 13.8 Å². The second-order valence-electron chi connectivity index (χ2n) is 7.62. The number of hydrogen-bond donors (Lipinski definition) is 8. The lowest BCUT2D eigenvalue weighted by Gasteiger charge is -2.25. The molecule has 4 unspecified atom stereocenters. The summed E-state index contributed by atoms with van der Waals surface area (Å²) in [7, 11) is 0. The topological polar surface area (TPSA) is 268 Å². The molecule has 0 spiro atoms. The van der Waals surface area contributed by atoms with Gasteiger partial charge in [-0.25, -0.2) is 4.79 Å². The second kappa shape index (κ2) is 13.6. The third kappa shape index (κ3) is 12.0. The number of nitrogens with two attached hydrogens (primary N) is 2. The van der Waals surface area contributed by atoms with Gasteiger partial charge < -0.3 is 42.7 Å². The highest BCUT2D eigenvalue weighted by molar-refractivity contribution is 5.96. The minimum absolute atomic E-state index is 0.0407. The molecule has 0 rings (SSSR count). The molecule has 15 nitrogen and oxygen atoms in total. The Morgan fingerprint density at radius 1 is 0.697 bits per heavy atom. The molecule has 0 saturated carbocycles. The Labute approximate surface area is 188 Å². The van der Waals surface area contributed by atoms with Crippen LogP contribution in [0.1, 0.15) is 39.5 Å². The normalized spacial score (nSPS) is 14.3. The third-order valence-corrected chi connectivity index (χ3v) is 4.10. The molecule has 33 heavy (non-hydrogen) atoms. The van der Waals surface area contributed by atoms with Crippen molar-refractivity contribution in [3.63, 3.8) is 0 Å². The molecule has 15 heteroatoms. The number of hydrogen-bond acceptors (Lipinski definition) is 8. The molecule has 0 heterocycles. The SMILES string of the molecule is CC(C)CC(NC(=O)C(N)CC(=O)O)C(=O)NC(CC(N)=O)C(=O)NC(CC(=O)O)C(=O)O. The van der Waals surface area contributed by atoms with E-state index in [4.69, 9.17) is 26.8 Å². The van der Waals surface area contributed by atoms with Crippen LogP contribution in [-0.2, 0) is 33.6 Å². The largest absolute Gasteiger partial charge is 0.481 e. The van der Waals surface area contributed by atoms with Gasteiger partial charge in [0, 0.05) is 0 Å². The van der Waals surface area contributed by atoms with Crippen molar-refractivity contribution in [2.75, 3.05) is 0 Å². The zero-order valence-corrected chi connectivity index (χ0v) is 18.1. The van der Waals surface area contributed by atoms with E-state index in [0.717, 1.165) is 0 Å². The molecule has 4 atom stereocenters. The minimum atomic E-state index is -1.84. The van der Waals surface area contributed by atoms with Crippen LogP contribution < -0.4 is 27.4 Å². The first-order valence-corrected chi connectivity index (χ1v) is 9.75. The Hall–Kier alpha value is -3.75. The van der Waals surface area contributed by atoms with Crippen LogP contribution in [0.4, 0.5) is 0 Å². The third-order valence-electron chi connectivity index (χ3n) is 4.10. The van der Waals surface area contributed by atoms with Crippen LogP contribution in [0.25, 0.3) is 0 Å². The van der Waals surface area contributed by atoms with Gasteiger partial charge in [-0.2, -0.15) is 0 Å². The Bertz CT molecular complexity index is 785. The van der Waals surface area contributed by atoms with Crippen molar-refractivity contribution in [1.82, 2.24) is 16.0 Å². The van der Waals surface area contributed by atoms with Gasteiger partial charge in [-0.15, -0.1) is 0 Å². The van der Waals surface area contributed by atoms with Crippen LogP contribution >= 0.6 is 0 Å². The fourth-order valence-corrected chi connectivity index (χ4v) is 2.59. The highest BCUT2D eigenvalue weighted by Gasteiger charge is 2.32. The van der Waals surface area contributed by atoms with Gasteiger partial charge in [0.15, 0.2) is 0 Å². The maximum absolute atomic E-state index is 12.7. The lowest BCUT2D eigenvalue weighted by Crippen LogP contribution is -2.58. The van der Waals surface area contributed by atoms with Crippen molar-refractivity contribution in [3.8, 4) is 0 Å². The number of carboxylic acid groups (broad SMARTS) is 3. The van der Waals surface area contributed by atoms with Crippen LogP contribution in [-0.4, -0.2) is 81.0 Å². The molecular weight excluding hydrogens is 446 g/mol. The molecule has 0 aliphatic heterocycles. The molecule has 4 amide bonds. The predicted octanol–water partition coefficient (Wildman–Crippen LogP) is -3.28. The Morgan fingerprint density at radius 3 is 1.58 bits per heavy atom. The van der Waals surface area contributed by atoms with Crippen LogP contribution in [0.15, 0.2) is 0 Å². The molecule has 0 aromatic heterocycles. The number of primary amides is 1. The summed E-state index contributed by atoms with van der Waals surface area (Å²) in [5.74, 6) is -8.79. The molecule has 0 fully saturated rings. The smallest absolute Gasteiger partial charge is 0.326 e. The molecular formula is C18H29N5O10. The van der Waals surface area contributed by atoms with Crippen molar-refractivity contribution in [2.24, 2.45) is 17.4 Å². The van der Waals surface area contributed by atoms with E-state index in [1.54, 1.807) is 13.8 Å². The molecule has 0 aromatic carbocycles. The molecule has 10 N–H and O–H groups in total. The first-order valence-electron chi connectivity index (χ1n) is 9.75. The molecule has 0 radical (unpaired) electrons. The summed E-state index contributed by atoms with van der Waals surface area (Å²) in [6.07, 6.45) is -2.38. The maximum atomic E-state index is 12.7. The predicted molar refractivity (Wildman–Crippen MR) is 109 cm³/mol. The van der Waals surface area contributed by atoms with E-state index in [2.05, 4.69) is 10.6 Å². The monoisotopic (exact) mass is 475 g/mol. The summed E-state index contributed by atoms with van der Waals surface area (Å²) >= 11 is 0. The standard InChI is InChI=1S/C18H29N5O10/c1-7(2)3-9(21-15(29)8(19)4-13(25)26)16(30)22-10(5-12(20)24)17(31)23-11(18(32)33)6-14(27)28/h7-11H,3-6,19H2,1-2H3,(H2,20,24)(H,21,29)(H,22,30)(H,23,31)(H,25,26)(H,27,28)(H,32,33). The van der Waals surface area contributed by atoms with Crippen molar-refractivity contribution in [1.29, 1.82) is 0 Å². The molecule has 0 aromatic rings. The van der Waals surface area contributed by atoms with E-state index in [0.29, 0.717) is 0 Å². The van der Waals surface area contributed by atoms with E-state index in [1.807, 2.05) is 5.32 Å². The average molecular weight is 475 g/mol. The van der Waals surface area contributed by atoms with E-state index in [-0.39, 0.29) is 12.3 Å². The zero-order chi connectivity index (χ0) is 25.9. The summed E-state index contributed by atoms with van der Waals surface area (Å²) < 4.78 is 0. The fourth-order valence-electron chi connectivity index (χ4n) is 2.59. The highest BCUT2D eigenvalue weighted by Crippen LogP contribution is 2.07. The number of carbonyl (C=O) groups is 7. The fraction of sp³-hybridized carbons (Fsp3) is 0.611. The van der Waals surface area contributed by atoms with Crippen molar-refractivity contribution in [2.45, 2.75) is 63.7 Å². The minimum Gasteiger partial charge on any atom is -0.481 e. The number of carbonyl (C=O) groups excluding carboxylic acids is 4. The zero-order valence-electron chi connectivity index (χ0n) is 18.1. The van der Waals surface area contributed by atoms with Crippen molar-refractivity contribution >= 4 is 41.5 Å². The van der Waals surface area contributed by atoms with Crippen LogP contribution in [0.5, 0.6) is 0 Å². The van der Waals surface area contributed by atoms with Gasteiger partial charge in [-0.3, -0.25) is 28.8 Å². The van der Waals surface area contributed by atoms with Crippen LogP contribution in [0.2, 0.25) is 0 Å². The van der Waals surface area contributed by atoms with Crippen LogP contribution in [0, 0.1) is 5.92 Å². The lowest BCUT2D eigenvalue weighted by molar-refractivity contribution is -0.147. The van der Waals surface area contributed by atoms with Gasteiger partial charge in [0.05, 0.1) is 25.3 Å². The van der Waals surface area contributed by atoms with E-state index in [1.165, 1.54) is 0 Å². The Morgan fingerprint density at radius 2 is 1.15 bits per heavy atom. The molecule has 0 bridgehead atoms. The van der Waals surface area contributed by atoms with Gasteiger partial charge in [0.2, 0.25) is 23.6 Å². The molecule has 0 aliphatic carbocycles. The van der Waals surface area contributed by atoms with Crippen molar-refractivity contribution in [3.05, 3.63) is 0 Å². The first kappa shape index (κ1) is 29.2. The lowest BCUT2D eigenvalue weighted by atomic mass is 10.0. The highest BCUT2D eigenvalue weighted by atomic mass is 16.4. The summed E-state index contributed by atoms with van der Waals surface area (Å²) in [5.41, 5.74) is 10.6. The Kier molecular flexibility index (Phi) is 12.1. The van der Waals surface area contributed by atoms with Crippen molar-refractivity contribution < 1.29 is 48.9 Å². The van der Waals surface area contributed by atoms with E-state index >= 15 is 0 Å². The van der Waals surface area contributed by atoms with Crippen LogP contribution in [0.3, 0.4) is 0 Å². The number of amides is 4. The van der Waals surface area contributed by atoms with Gasteiger partial charge in [0.1, 0.15) is 18.1 Å². The average Bonchev–Trinajstić information content (AvgIpc) is 2.64. The second-order valence-corrected chi connectivity index (χ2v) is 7.62. The first-order chi connectivity index (χ1) is 15.1. The molecule has 186 valence electrons. The summed E-state index contributed by atoms with van der Waals surface area (Å²) in [4.78, 5) is 81.4. The Balaban J connectivity index is 5.56. The summed E-state index contributed by atoms with van der Waals surface area (Å²) in [5, 5.41) is 32.9. The van der Waals surface area contributed by atoms with Gasteiger partial charge >= 0.3 is 17.9 Å². The number of carboxylic acids is 3. The number of nitrogens with one attached hydrogen (secondary N) is 3. The van der Waals surface area contributed by atoms with E-state index in [9.17, 15) is 33.6 Å². The number of aliphatic carboxylic acids is 3. The molecule has 0 aliphatic rings. The quantitative estimate of drug-likeness (QED) is 0.116.